The largest absolute Gasteiger partial charge is 0.338 e. The van der Waals surface area contributed by atoms with Crippen molar-refractivity contribution in [3.8, 4) is 0 Å². The molecule has 1 aliphatic heterocycles. The van der Waals surface area contributed by atoms with E-state index in [1.165, 1.54) is 0 Å². The molecule has 192 valence electrons. The summed E-state index contributed by atoms with van der Waals surface area (Å²) in [4.78, 5) is 23.1. The lowest BCUT2D eigenvalue weighted by atomic mass is 9.75. The van der Waals surface area contributed by atoms with Crippen LogP contribution in [0.5, 0.6) is 0 Å². The van der Waals surface area contributed by atoms with Crippen LogP contribution in [0.4, 0.5) is 17.6 Å². The summed E-state index contributed by atoms with van der Waals surface area (Å²) in [7, 11) is 0. The Morgan fingerprint density at radius 3 is 2.18 bits per heavy atom. The minimum Gasteiger partial charge on any atom is -0.338 e. The third-order valence-electron chi connectivity index (χ3n) is 7.31. The van der Waals surface area contributed by atoms with E-state index in [1.807, 2.05) is 108 Å². The normalized spacial score (nSPS) is 14.2. The molecular weight excluding hydrogens is 476 g/mol. The zero-order valence-corrected chi connectivity index (χ0v) is 21.5. The predicted molar refractivity (Wildman–Crippen MR) is 148 cm³/mol. The number of piperazine rings is 1. The van der Waals surface area contributed by atoms with Crippen molar-refractivity contribution >= 4 is 29.0 Å². The molecule has 3 aromatic heterocycles. The fraction of sp³-hybridized carbons (Fsp3) is 0.241. The molecule has 0 radical (unpaired) electrons. The molecule has 1 fully saturated rings. The van der Waals surface area contributed by atoms with Crippen molar-refractivity contribution < 1.29 is 4.79 Å². The third-order valence-corrected chi connectivity index (χ3v) is 7.31. The van der Waals surface area contributed by atoms with E-state index >= 15 is 0 Å². The van der Waals surface area contributed by atoms with E-state index in [0.717, 1.165) is 22.3 Å². The van der Waals surface area contributed by atoms with Gasteiger partial charge in [0.2, 0.25) is 11.9 Å². The lowest BCUT2D eigenvalue weighted by molar-refractivity contribution is -0.135. The Bertz CT molecular complexity index is 1510. The number of amides is 1. The minimum atomic E-state index is -0.774. The van der Waals surface area contributed by atoms with Crippen LogP contribution >= 0.6 is 0 Å². The number of carbonyl (C=O) groups excluding carboxylic acids is 1. The maximum atomic E-state index is 14.1. The van der Waals surface area contributed by atoms with E-state index in [-0.39, 0.29) is 5.91 Å². The van der Waals surface area contributed by atoms with E-state index in [2.05, 4.69) is 20.4 Å². The number of rotatable bonds is 6. The van der Waals surface area contributed by atoms with E-state index in [9.17, 15) is 4.79 Å². The Kier molecular flexibility index (Phi) is 6.03. The van der Waals surface area contributed by atoms with Crippen LogP contribution in [0.25, 0.3) is 5.52 Å². The predicted octanol–water partition coefficient (Wildman–Crippen LogP) is 4.16. The van der Waals surface area contributed by atoms with E-state index in [1.54, 1.807) is 0 Å². The van der Waals surface area contributed by atoms with E-state index in [4.69, 9.17) is 10.1 Å². The summed E-state index contributed by atoms with van der Waals surface area (Å²) in [5, 5.41) is 15.3. The molecule has 38 heavy (non-hydrogen) atoms. The molecule has 2 N–H and O–H groups in total. The van der Waals surface area contributed by atoms with Gasteiger partial charge in [-0.05, 0) is 37.1 Å². The van der Waals surface area contributed by atoms with Gasteiger partial charge in [0, 0.05) is 44.1 Å². The lowest BCUT2D eigenvalue weighted by Gasteiger charge is -2.40. The van der Waals surface area contributed by atoms with Gasteiger partial charge in [-0.2, -0.15) is 10.1 Å². The van der Waals surface area contributed by atoms with Crippen LogP contribution in [-0.2, 0) is 10.2 Å². The number of aryl methyl sites for hydroxylation is 1. The number of aromatic nitrogens is 5. The van der Waals surface area contributed by atoms with Crippen LogP contribution in [0.15, 0.2) is 85.1 Å². The summed E-state index contributed by atoms with van der Waals surface area (Å²) in [5.74, 6) is 2.11. The quantitative estimate of drug-likeness (QED) is 0.359. The van der Waals surface area contributed by atoms with Gasteiger partial charge >= 0.3 is 0 Å². The third kappa shape index (κ3) is 4.26. The van der Waals surface area contributed by atoms with Crippen molar-refractivity contribution in [3.05, 3.63) is 102 Å². The number of H-pyrrole nitrogens is 1. The second-order valence-corrected chi connectivity index (χ2v) is 9.80. The minimum absolute atomic E-state index is 0.104. The van der Waals surface area contributed by atoms with Gasteiger partial charge in [0.05, 0.1) is 5.41 Å². The molecule has 9 heteroatoms. The van der Waals surface area contributed by atoms with Crippen molar-refractivity contribution in [2.24, 2.45) is 0 Å². The number of hydrogen-bond donors (Lipinski definition) is 2. The summed E-state index contributed by atoms with van der Waals surface area (Å²) in [6.45, 7) is 6.44. The second-order valence-electron chi connectivity index (χ2n) is 9.80. The van der Waals surface area contributed by atoms with Crippen molar-refractivity contribution in [3.63, 3.8) is 0 Å². The van der Waals surface area contributed by atoms with Crippen molar-refractivity contribution in [2.45, 2.75) is 19.3 Å². The molecule has 0 spiro atoms. The van der Waals surface area contributed by atoms with Gasteiger partial charge in [-0.15, -0.1) is 5.10 Å². The molecule has 9 nitrogen and oxygen atoms in total. The SMILES string of the molecule is Cc1cc(Nc2nc(N3CCN(C(=O)C(C)(c4ccccc4)c4ccccc4)CC3)nn3cccc23)n[nH]1. The highest BCUT2D eigenvalue weighted by molar-refractivity contribution is 5.92. The van der Waals surface area contributed by atoms with Crippen LogP contribution in [0, 0.1) is 6.92 Å². The fourth-order valence-corrected chi connectivity index (χ4v) is 5.13. The number of aromatic amines is 1. The molecule has 1 aliphatic rings. The summed E-state index contributed by atoms with van der Waals surface area (Å²) in [5.41, 5.74) is 3.04. The van der Waals surface area contributed by atoms with Crippen LogP contribution in [-0.4, -0.2) is 61.8 Å². The number of nitrogens with zero attached hydrogens (tertiary/aromatic N) is 6. The summed E-state index contributed by atoms with van der Waals surface area (Å²) in [6, 6.07) is 25.9. The Morgan fingerprint density at radius 1 is 0.921 bits per heavy atom. The summed E-state index contributed by atoms with van der Waals surface area (Å²) < 4.78 is 1.82. The van der Waals surface area contributed by atoms with Gasteiger partial charge in [0.1, 0.15) is 5.52 Å². The average Bonchev–Trinajstić information content (AvgIpc) is 3.62. The topological polar surface area (TPSA) is 94.5 Å². The van der Waals surface area contributed by atoms with Crippen molar-refractivity contribution in [2.75, 3.05) is 36.4 Å². The maximum absolute atomic E-state index is 14.1. The van der Waals surface area contributed by atoms with E-state index in [0.29, 0.717) is 43.8 Å². The molecular formula is C29H30N8O. The first-order valence-corrected chi connectivity index (χ1v) is 12.8. The monoisotopic (exact) mass is 506 g/mol. The molecule has 0 unspecified atom stereocenters. The second kappa shape index (κ2) is 9.66. The number of carbonyl (C=O) groups is 1. The van der Waals surface area contributed by atoms with E-state index < -0.39 is 5.41 Å². The number of nitrogens with one attached hydrogen (secondary N) is 2. The smallest absolute Gasteiger partial charge is 0.245 e. The van der Waals surface area contributed by atoms with Gasteiger partial charge in [-0.1, -0.05) is 60.7 Å². The lowest BCUT2D eigenvalue weighted by Crippen LogP contribution is -2.54. The Hall–Kier alpha value is -4.66. The number of fused-ring (bicyclic) bond motifs is 1. The maximum Gasteiger partial charge on any atom is 0.245 e. The average molecular weight is 507 g/mol. The van der Waals surface area contributed by atoms with Gasteiger partial charge in [0.15, 0.2) is 11.6 Å². The summed E-state index contributed by atoms with van der Waals surface area (Å²) in [6.07, 6.45) is 1.91. The highest BCUT2D eigenvalue weighted by Gasteiger charge is 2.41. The molecule has 1 amide bonds. The Balaban J connectivity index is 1.24. The highest BCUT2D eigenvalue weighted by Crippen LogP contribution is 2.34. The fourth-order valence-electron chi connectivity index (χ4n) is 5.13. The van der Waals surface area contributed by atoms with Gasteiger partial charge in [-0.25, -0.2) is 4.52 Å². The Labute approximate surface area is 221 Å². The van der Waals surface area contributed by atoms with Gasteiger partial charge in [-0.3, -0.25) is 9.89 Å². The first kappa shape index (κ1) is 23.7. The van der Waals surface area contributed by atoms with Crippen LogP contribution in [0.2, 0.25) is 0 Å². The standard InChI is InChI=1S/C29H30N8O/c1-21-20-25(33-32-21)30-26-24-14-9-15-37(24)34-28(31-26)36-18-16-35(17-19-36)27(38)29(2,22-10-5-3-6-11-22)23-12-7-4-8-13-23/h3-15,20H,16-19H2,1-2H3,(H2,30,31,32,33,34). The highest BCUT2D eigenvalue weighted by atomic mass is 16.2. The first-order chi connectivity index (χ1) is 18.5. The Morgan fingerprint density at radius 2 is 1.58 bits per heavy atom. The van der Waals surface area contributed by atoms with Crippen LogP contribution in [0.1, 0.15) is 23.7 Å². The number of benzene rings is 2. The molecule has 6 rings (SSSR count). The summed E-state index contributed by atoms with van der Waals surface area (Å²) >= 11 is 0. The molecule has 0 bridgehead atoms. The van der Waals surface area contributed by atoms with Gasteiger partial charge in [0.25, 0.3) is 0 Å². The molecule has 0 aliphatic carbocycles. The van der Waals surface area contributed by atoms with Crippen molar-refractivity contribution in [1.82, 2.24) is 29.7 Å². The molecule has 0 saturated carbocycles. The first-order valence-electron chi connectivity index (χ1n) is 12.8. The molecule has 5 aromatic rings. The zero-order chi connectivity index (χ0) is 26.1. The molecule has 4 heterocycles. The zero-order valence-electron chi connectivity index (χ0n) is 21.5. The number of hydrogen-bond acceptors (Lipinski definition) is 6. The molecule has 2 aromatic carbocycles. The molecule has 1 saturated heterocycles. The number of anilines is 3. The molecule has 0 atom stereocenters. The van der Waals surface area contributed by atoms with Crippen molar-refractivity contribution in [1.29, 1.82) is 0 Å². The van der Waals surface area contributed by atoms with Crippen LogP contribution in [0.3, 0.4) is 0 Å². The van der Waals surface area contributed by atoms with Crippen LogP contribution < -0.4 is 10.2 Å². The van der Waals surface area contributed by atoms with Gasteiger partial charge < -0.3 is 15.1 Å².